The lowest BCUT2D eigenvalue weighted by Gasteiger charge is -2.40. The van der Waals surface area contributed by atoms with Crippen molar-refractivity contribution in [1.29, 1.82) is 0 Å². The van der Waals surface area contributed by atoms with Crippen LogP contribution in [-0.2, 0) is 11.8 Å². The Kier molecular flexibility index (Phi) is 3.09. The van der Waals surface area contributed by atoms with Gasteiger partial charge in [-0.1, -0.05) is 19.9 Å². The highest BCUT2D eigenvalue weighted by Gasteiger charge is 2.40. The number of fused-ring (bicyclic) bond motifs is 1. The Morgan fingerprint density at radius 1 is 1.18 bits per heavy atom. The maximum Gasteiger partial charge on any atom is 0.0407 e. The fourth-order valence-electron chi connectivity index (χ4n) is 4.51. The van der Waals surface area contributed by atoms with E-state index < -0.39 is 0 Å². The first-order chi connectivity index (χ1) is 10.5. The van der Waals surface area contributed by atoms with Gasteiger partial charge in [0.05, 0.1) is 0 Å². The molecule has 4 rings (SSSR count). The number of anilines is 1. The summed E-state index contributed by atoms with van der Waals surface area (Å²) in [5, 5.41) is 0. The second-order valence-corrected chi connectivity index (χ2v) is 8.30. The van der Waals surface area contributed by atoms with E-state index in [9.17, 15) is 0 Å². The third kappa shape index (κ3) is 2.24. The summed E-state index contributed by atoms with van der Waals surface area (Å²) in [7, 11) is 2.29. The van der Waals surface area contributed by atoms with Crippen molar-refractivity contribution >= 4 is 5.69 Å². The standard InChI is InChI=1S/C21H27N/c1-5-14-12-18-17(15-6-7-15)10-11-19(22(4)16-8-9-16)20(18)21(2,3)13-14/h1,10-11,14-16H,6-9,12-13H2,2-4H3. The van der Waals surface area contributed by atoms with Gasteiger partial charge in [0.1, 0.15) is 0 Å². The maximum absolute atomic E-state index is 5.82. The quantitative estimate of drug-likeness (QED) is 0.734. The van der Waals surface area contributed by atoms with Gasteiger partial charge in [0.15, 0.2) is 0 Å². The highest BCUT2D eigenvalue weighted by atomic mass is 15.2. The molecule has 1 atom stereocenters. The average molecular weight is 293 g/mol. The van der Waals surface area contributed by atoms with Gasteiger partial charge < -0.3 is 4.90 Å². The summed E-state index contributed by atoms with van der Waals surface area (Å²) >= 11 is 0. The van der Waals surface area contributed by atoms with E-state index in [0.717, 1.165) is 24.8 Å². The summed E-state index contributed by atoms with van der Waals surface area (Å²) in [5.74, 6) is 4.27. The van der Waals surface area contributed by atoms with Gasteiger partial charge >= 0.3 is 0 Å². The smallest absolute Gasteiger partial charge is 0.0407 e. The second-order valence-electron chi connectivity index (χ2n) is 8.30. The number of rotatable bonds is 3. The first-order valence-corrected chi connectivity index (χ1v) is 8.86. The minimum absolute atomic E-state index is 0.188. The van der Waals surface area contributed by atoms with Crippen LogP contribution in [0.25, 0.3) is 0 Å². The summed E-state index contributed by atoms with van der Waals surface area (Å²) in [6.07, 6.45) is 13.5. The molecule has 0 bridgehead atoms. The van der Waals surface area contributed by atoms with Crippen LogP contribution in [0.4, 0.5) is 5.69 Å². The first kappa shape index (κ1) is 14.2. The molecule has 0 saturated heterocycles. The predicted molar refractivity (Wildman–Crippen MR) is 93.5 cm³/mol. The van der Waals surface area contributed by atoms with Crippen molar-refractivity contribution < 1.29 is 0 Å². The topological polar surface area (TPSA) is 3.24 Å². The van der Waals surface area contributed by atoms with Crippen LogP contribution in [0, 0.1) is 18.3 Å². The van der Waals surface area contributed by atoms with Crippen LogP contribution in [0.5, 0.6) is 0 Å². The number of hydrogen-bond acceptors (Lipinski definition) is 1. The zero-order chi connectivity index (χ0) is 15.5. The van der Waals surface area contributed by atoms with Crippen LogP contribution in [0.3, 0.4) is 0 Å². The Labute approximate surface area is 135 Å². The van der Waals surface area contributed by atoms with E-state index >= 15 is 0 Å². The number of terminal acetylenes is 1. The molecule has 1 aromatic carbocycles. The molecule has 2 saturated carbocycles. The van der Waals surface area contributed by atoms with E-state index in [1.165, 1.54) is 31.4 Å². The van der Waals surface area contributed by atoms with Crippen LogP contribution in [-0.4, -0.2) is 13.1 Å². The number of hydrogen-bond donors (Lipinski definition) is 0. The molecule has 0 amide bonds. The van der Waals surface area contributed by atoms with Crippen LogP contribution in [0.1, 0.15) is 68.6 Å². The lowest BCUT2D eigenvalue weighted by molar-refractivity contribution is 0.380. The van der Waals surface area contributed by atoms with E-state index in [1.54, 1.807) is 16.7 Å². The molecule has 3 aliphatic carbocycles. The highest BCUT2D eigenvalue weighted by Crippen LogP contribution is 2.51. The van der Waals surface area contributed by atoms with E-state index in [4.69, 9.17) is 6.42 Å². The zero-order valence-corrected chi connectivity index (χ0v) is 14.2. The summed E-state index contributed by atoms with van der Waals surface area (Å²) < 4.78 is 0. The molecule has 1 unspecified atom stereocenters. The van der Waals surface area contributed by atoms with Gasteiger partial charge in [-0.15, -0.1) is 12.3 Å². The molecule has 0 aromatic heterocycles. The maximum atomic E-state index is 5.82. The Morgan fingerprint density at radius 2 is 1.91 bits per heavy atom. The predicted octanol–water partition coefficient (Wildman–Crippen LogP) is 4.64. The van der Waals surface area contributed by atoms with Gasteiger partial charge in [0.2, 0.25) is 0 Å². The summed E-state index contributed by atoms with van der Waals surface area (Å²) in [6, 6.07) is 5.58. The van der Waals surface area contributed by atoms with Gasteiger partial charge in [-0.05, 0) is 72.6 Å². The van der Waals surface area contributed by atoms with Crippen LogP contribution < -0.4 is 4.90 Å². The van der Waals surface area contributed by atoms with E-state index in [-0.39, 0.29) is 5.41 Å². The molecule has 1 heteroatoms. The lowest BCUT2D eigenvalue weighted by Crippen LogP contribution is -2.33. The first-order valence-electron chi connectivity index (χ1n) is 8.86. The Hall–Kier alpha value is -1.42. The molecule has 116 valence electrons. The Balaban J connectivity index is 1.88. The molecule has 1 nitrogen and oxygen atoms in total. The molecule has 0 heterocycles. The van der Waals surface area contributed by atoms with Gasteiger partial charge in [-0.2, -0.15) is 0 Å². The largest absolute Gasteiger partial charge is 0.371 e. The fourth-order valence-corrected chi connectivity index (χ4v) is 4.51. The van der Waals surface area contributed by atoms with Crippen molar-refractivity contribution in [1.82, 2.24) is 0 Å². The molecule has 1 aromatic rings. The molecule has 3 aliphatic rings. The van der Waals surface area contributed by atoms with Crippen LogP contribution >= 0.6 is 0 Å². The van der Waals surface area contributed by atoms with Gasteiger partial charge in [0.25, 0.3) is 0 Å². The van der Waals surface area contributed by atoms with E-state index in [2.05, 4.69) is 43.8 Å². The van der Waals surface area contributed by atoms with Crippen molar-refractivity contribution in [2.45, 2.75) is 69.7 Å². The Morgan fingerprint density at radius 3 is 2.50 bits per heavy atom. The third-order valence-electron chi connectivity index (χ3n) is 5.94. The van der Waals surface area contributed by atoms with Crippen molar-refractivity contribution in [3.63, 3.8) is 0 Å². The summed E-state index contributed by atoms with van der Waals surface area (Å²) in [5.41, 5.74) is 6.48. The fraction of sp³-hybridized carbons (Fsp3) is 0.619. The molecule has 2 fully saturated rings. The van der Waals surface area contributed by atoms with Gasteiger partial charge in [-0.25, -0.2) is 0 Å². The monoisotopic (exact) mass is 293 g/mol. The van der Waals surface area contributed by atoms with Gasteiger partial charge in [0, 0.05) is 24.7 Å². The van der Waals surface area contributed by atoms with Crippen molar-refractivity contribution in [3.8, 4) is 12.3 Å². The molecule has 0 aliphatic heterocycles. The molecular formula is C21H27N. The summed E-state index contributed by atoms with van der Waals surface area (Å²) in [4.78, 5) is 2.54. The average Bonchev–Trinajstić information content (AvgIpc) is 3.37. The SMILES string of the molecule is C#CC1Cc2c(C3CC3)ccc(N(C)C3CC3)c2C(C)(C)C1. The summed E-state index contributed by atoms with van der Waals surface area (Å²) in [6.45, 7) is 4.80. The van der Waals surface area contributed by atoms with Gasteiger partial charge in [-0.3, -0.25) is 0 Å². The number of benzene rings is 1. The Bertz CT molecular complexity index is 641. The van der Waals surface area contributed by atoms with E-state index in [1.807, 2.05) is 0 Å². The molecule has 22 heavy (non-hydrogen) atoms. The normalized spacial score (nSPS) is 26.2. The minimum atomic E-state index is 0.188. The van der Waals surface area contributed by atoms with Crippen LogP contribution in [0.15, 0.2) is 12.1 Å². The molecule has 0 radical (unpaired) electrons. The third-order valence-corrected chi connectivity index (χ3v) is 5.94. The number of nitrogens with zero attached hydrogens (tertiary/aromatic N) is 1. The minimum Gasteiger partial charge on any atom is -0.371 e. The van der Waals surface area contributed by atoms with Crippen molar-refractivity contribution in [2.24, 2.45) is 5.92 Å². The lowest BCUT2D eigenvalue weighted by atomic mass is 9.66. The van der Waals surface area contributed by atoms with Crippen molar-refractivity contribution in [3.05, 3.63) is 28.8 Å². The molecular weight excluding hydrogens is 266 g/mol. The van der Waals surface area contributed by atoms with E-state index in [0.29, 0.717) is 5.92 Å². The second kappa shape index (κ2) is 4.79. The van der Waals surface area contributed by atoms with Crippen molar-refractivity contribution in [2.75, 3.05) is 11.9 Å². The highest BCUT2D eigenvalue weighted by molar-refractivity contribution is 5.64. The molecule has 0 spiro atoms. The molecule has 0 N–H and O–H groups in total. The zero-order valence-electron chi connectivity index (χ0n) is 14.2. The van der Waals surface area contributed by atoms with Crippen LogP contribution in [0.2, 0.25) is 0 Å².